The van der Waals surface area contributed by atoms with Gasteiger partial charge in [-0.1, -0.05) is 0 Å². The van der Waals surface area contributed by atoms with Crippen LogP contribution in [-0.4, -0.2) is 49.2 Å². The summed E-state index contributed by atoms with van der Waals surface area (Å²) in [6, 6.07) is -0.303. The number of ketones is 1. The number of rotatable bonds is 5. The molecule has 6 heteroatoms. The third kappa shape index (κ3) is 5.04. The Morgan fingerprint density at radius 2 is 2.12 bits per heavy atom. The van der Waals surface area contributed by atoms with Crippen LogP contribution in [0.25, 0.3) is 0 Å². The van der Waals surface area contributed by atoms with Crippen LogP contribution in [0.5, 0.6) is 0 Å². The molecule has 0 bridgehead atoms. The highest BCUT2D eigenvalue weighted by Gasteiger charge is 2.34. The van der Waals surface area contributed by atoms with Crippen molar-refractivity contribution in [1.82, 2.24) is 4.90 Å². The zero-order valence-corrected chi connectivity index (χ0v) is 10.1. The Morgan fingerprint density at radius 1 is 1.47 bits per heavy atom. The second kappa shape index (κ2) is 5.82. The summed E-state index contributed by atoms with van der Waals surface area (Å²) in [7, 11) is 0. The number of alkyl halides is 3. The Morgan fingerprint density at radius 3 is 2.53 bits per heavy atom. The van der Waals surface area contributed by atoms with Crippen molar-refractivity contribution < 1.29 is 22.7 Å². The Bertz CT molecular complexity index is 260. The summed E-state index contributed by atoms with van der Waals surface area (Å²) in [5.41, 5.74) is 0. The van der Waals surface area contributed by atoms with Gasteiger partial charge in [-0.15, -0.1) is 0 Å². The Kier molecular flexibility index (Phi) is 4.94. The highest BCUT2D eigenvalue weighted by atomic mass is 19.4. The number of ether oxygens (including phenoxy) is 1. The summed E-state index contributed by atoms with van der Waals surface area (Å²) >= 11 is 0. The van der Waals surface area contributed by atoms with Gasteiger partial charge in [-0.2, -0.15) is 13.2 Å². The predicted molar refractivity (Wildman–Crippen MR) is 56.7 cm³/mol. The van der Waals surface area contributed by atoms with E-state index in [2.05, 4.69) is 0 Å². The highest BCUT2D eigenvalue weighted by molar-refractivity contribution is 5.83. The van der Waals surface area contributed by atoms with Gasteiger partial charge in [-0.3, -0.25) is 9.69 Å². The van der Waals surface area contributed by atoms with E-state index < -0.39 is 12.7 Å². The molecule has 0 radical (unpaired) electrons. The summed E-state index contributed by atoms with van der Waals surface area (Å²) in [4.78, 5) is 12.9. The quantitative estimate of drug-likeness (QED) is 0.749. The number of nitrogens with zero attached hydrogens (tertiary/aromatic N) is 1. The van der Waals surface area contributed by atoms with Crippen LogP contribution >= 0.6 is 0 Å². The van der Waals surface area contributed by atoms with E-state index in [1.165, 1.54) is 0 Å². The van der Waals surface area contributed by atoms with Crippen LogP contribution in [0.1, 0.15) is 20.3 Å². The van der Waals surface area contributed by atoms with Crippen molar-refractivity contribution in [3.05, 3.63) is 0 Å². The smallest absolute Gasteiger partial charge is 0.381 e. The molecular weight excluding hydrogens is 235 g/mol. The largest absolute Gasteiger partial charge is 0.401 e. The molecule has 0 aliphatic carbocycles. The van der Waals surface area contributed by atoms with Crippen molar-refractivity contribution in [3.8, 4) is 0 Å². The van der Waals surface area contributed by atoms with Crippen LogP contribution < -0.4 is 0 Å². The fourth-order valence-corrected chi connectivity index (χ4v) is 1.77. The molecule has 3 nitrogen and oxygen atoms in total. The molecule has 0 spiro atoms. The number of carbonyl (C=O) groups excluding carboxylic acids is 1. The van der Waals surface area contributed by atoms with E-state index in [-0.39, 0.29) is 24.3 Å². The number of hydrogen-bond acceptors (Lipinski definition) is 3. The lowest BCUT2D eigenvalue weighted by molar-refractivity contribution is -0.152. The van der Waals surface area contributed by atoms with Gasteiger partial charge in [0.25, 0.3) is 0 Å². The molecule has 1 atom stereocenters. The SMILES string of the molecule is CC(C)N(CC(=O)C1CCOC1)CC(F)(F)F. The van der Waals surface area contributed by atoms with Gasteiger partial charge in [0.1, 0.15) is 0 Å². The minimum atomic E-state index is -4.27. The summed E-state index contributed by atoms with van der Waals surface area (Å²) in [5, 5.41) is 0. The van der Waals surface area contributed by atoms with Crippen LogP contribution in [0, 0.1) is 5.92 Å². The zero-order valence-electron chi connectivity index (χ0n) is 10.1. The average Bonchev–Trinajstić information content (AvgIpc) is 2.66. The molecule has 0 N–H and O–H groups in total. The maximum Gasteiger partial charge on any atom is 0.401 e. The van der Waals surface area contributed by atoms with Crippen LogP contribution in [0.15, 0.2) is 0 Å². The Labute approximate surface area is 98.9 Å². The van der Waals surface area contributed by atoms with Crippen molar-refractivity contribution in [2.24, 2.45) is 5.92 Å². The Hall–Kier alpha value is -0.620. The maximum absolute atomic E-state index is 12.3. The number of carbonyl (C=O) groups is 1. The van der Waals surface area contributed by atoms with E-state index in [9.17, 15) is 18.0 Å². The summed E-state index contributed by atoms with van der Waals surface area (Å²) < 4.78 is 42.0. The first-order valence-corrected chi connectivity index (χ1v) is 5.71. The predicted octanol–water partition coefficient (Wildman–Crippen LogP) is 1.86. The first kappa shape index (κ1) is 14.4. The second-order valence-corrected chi connectivity index (χ2v) is 4.64. The summed E-state index contributed by atoms with van der Waals surface area (Å²) in [6.07, 6.45) is -3.65. The minimum Gasteiger partial charge on any atom is -0.381 e. The molecule has 0 saturated carbocycles. The van der Waals surface area contributed by atoms with E-state index in [0.29, 0.717) is 19.6 Å². The van der Waals surface area contributed by atoms with E-state index in [0.717, 1.165) is 4.90 Å². The fourth-order valence-electron chi connectivity index (χ4n) is 1.77. The molecule has 17 heavy (non-hydrogen) atoms. The van der Waals surface area contributed by atoms with E-state index in [1.54, 1.807) is 13.8 Å². The van der Waals surface area contributed by atoms with Crippen molar-refractivity contribution in [2.45, 2.75) is 32.5 Å². The second-order valence-electron chi connectivity index (χ2n) is 4.64. The van der Waals surface area contributed by atoms with Crippen molar-refractivity contribution >= 4 is 5.78 Å². The molecule has 1 fully saturated rings. The molecule has 0 amide bonds. The van der Waals surface area contributed by atoms with Crippen LogP contribution in [-0.2, 0) is 9.53 Å². The molecule has 1 heterocycles. The van der Waals surface area contributed by atoms with E-state index >= 15 is 0 Å². The third-order valence-electron chi connectivity index (χ3n) is 2.86. The fraction of sp³-hybridized carbons (Fsp3) is 0.909. The normalized spacial score (nSPS) is 21.5. The standard InChI is InChI=1S/C11H18F3NO2/c1-8(2)15(7-11(12,13)14)5-10(16)9-3-4-17-6-9/h8-9H,3-7H2,1-2H3. The summed E-state index contributed by atoms with van der Waals surface area (Å²) in [6.45, 7) is 3.00. The lowest BCUT2D eigenvalue weighted by atomic mass is 10.0. The molecule has 0 aromatic rings. The van der Waals surface area contributed by atoms with Gasteiger partial charge in [0.05, 0.1) is 19.7 Å². The van der Waals surface area contributed by atoms with Gasteiger partial charge in [-0.05, 0) is 20.3 Å². The monoisotopic (exact) mass is 253 g/mol. The molecule has 0 aromatic carbocycles. The van der Waals surface area contributed by atoms with Crippen molar-refractivity contribution in [3.63, 3.8) is 0 Å². The van der Waals surface area contributed by atoms with E-state index in [1.807, 2.05) is 0 Å². The molecule has 1 rings (SSSR count). The molecule has 1 aliphatic rings. The van der Waals surface area contributed by atoms with Crippen LogP contribution in [0.4, 0.5) is 13.2 Å². The zero-order chi connectivity index (χ0) is 13.1. The molecule has 0 aromatic heterocycles. The van der Waals surface area contributed by atoms with Gasteiger partial charge in [0.2, 0.25) is 0 Å². The minimum absolute atomic E-state index is 0.148. The number of Topliss-reactive ketones (excluding diaryl/α,β-unsaturated/α-hetero) is 1. The van der Waals surface area contributed by atoms with E-state index in [4.69, 9.17) is 4.74 Å². The molecular formula is C11H18F3NO2. The molecule has 1 unspecified atom stereocenters. The average molecular weight is 253 g/mol. The summed E-state index contributed by atoms with van der Waals surface area (Å²) in [5.74, 6) is -0.384. The molecule has 1 saturated heterocycles. The van der Waals surface area contributed by atoms with Gasteiger partial charge in [0, 0.05) is 18.6 Å². The number of hydrogen-bond donors (Lipinski definition) is 0. The molecule has 1 aliphatic heterocycles. The maximum atomic E-state index is 12.3. The van der Waals surface area contributed by atoms with Gasteiger partial charge >= 0.3 is 6.18 Å². The lowest BCUT2D eigenvalue weighted by Gasteiger charge is -2.27. The van der Waals surface area contributed by atoms with Crippen LogP contribution in [0.2, 0.25) is 0 Å². The first-order chi connectivity index (χ1) is 7.79. The van der Waals surface area contributed by atoms with Gasteiger partial charge < -0.3 is 4.74 Å². The van der Waals surface area contributed by atoms with Crippen molar-refractivity contribution in [2.75, 3.05) is 26.3 Å². The van der Waals surface area contributed by atoms with Gasteiger partial charge in [0.15, 0.2) is 5.78 Å². The first-order valence-electron chi connectivity index (χ1n) is 5.71. The topological polar surface area (TPSA) is 29.5 Å². The third-order valence-corrected chi connectivity index (χ3v) is 2.86. The number of halogens is 3. The lowest BCUT2D eigenvalue weighted by Crippen LogP contribution is -2.43. The van der Waals surface area contributed by atoms with Crippen molar-refractivity contribution in [1.29, 1.82) is 0 Å². The highest BCUT2D eigenvalue weighted by Crippen LogP contribution is 2.20. The van der Waals surface area contributed by atoms with Gasteiger partial charge in [-0.25, -0.2) is 0 Å². The molecule has 100 valence electrons. The van der Waals surface area contributed by atoms with Crippen LogP contribution in [0.3, 0.4) is 0 Å². The Balaban J connectivity index is 2.51.